The minimum atomic E-state index is -0.936. The van der Waals surface area contributed by atoms with Crippen molar-refractivity contribution in [2.75, 3.05) is 6.61 Å². The predicted octanol–water partition coefficient (Wildman–Crippen LogP) is 1.55. The average molecular weight is 479 g/mol. The maximum Gasteiger partial charge on any atom is 0.408 e. The van der Waals surface area contributed by atoms with E-state index in [4.69, 9.17) is 4.74 Å². The highest BCUT2D eigenvalue weighted by Gasteiger charge is 2.39. The molecule has 1 fully saturated rings. The highest BCUT2D eigenvalue weighted by Crippen LogP contribution is 2.28. The van der Waals surface area contributed by atoms with E-state index in [1.54, 1.807) is 43.3 Å². The highest BCUT2D eigenvalue weighted by atomic mass is 16.5. The molecule has 4 rings (SSSR count). The molecule has 2 aliphatic heterocycles. The van der Waals surface area contributed by atoms with Crippen LogP contribution in [-0.2, 0) is 32.2 Å². The second-order valence-corrected chi connectivity index (χ2v) is 8.32. The van der Waals surface area contributed by atoms with Crippen molar-refractivity contribution in [1.82, 2.24) is 20.9 Å². The predicted molar refractivity (Wildman–Crippen MR) is 124 cm³/mol. The standard InChI is InChI=1S/C25H26N4O6/c1-2-35-25(34)28-21(16-6-4-3-5-7-16)23(32)26-13-15-8-9-18-17(12-15)14-29(24(18)33)19-10-11-20(30)27-22(19)31/h3-9,12,19,21H,2,10-11,13-14H2,1H3,(H,26,32)(H,28,34)(H,27,30,31)/t19?,21-/m0/s1. The smallest absolute Gasteiger partial charge is 0.408 e. The Morgan fingerprint density at radius 2 is 1.91 bits per heavy atom. The number of fused-ring (bicyclic) bond motifs is 1. The summed E-state index contributed by atoms with van der Waals surface area (Å²) >= 11 is 0. The molecule has 2 aliphatic rings. The summed E-state index contributed by atoms with van der Waals surface area (Å²) < 4.78 is 4.93. The lowest BCUT2D eigenvalue weighted by molar-refractivity contribution is -0.137. The van der Waals surface area contributed by atoms with E-state index in [1.165, 1.54) is 4.90 Å². The molecule has 1 unspecified atom stereocenters. The number of nitrogens with zero attached hydrogens (tertiary/aromatic N) is 1. The number of carbonyl (C=O) groups is 5. The second kappa shape index (κ2) is 10.4. The molecule has 3 N–H and O–H groups in total. The average Bonchev–Trinajstić information content (AvgIpc) is 3.17. The van der Waals surface area contributed by atoms with Crippen LogP contribution in [0.25, 0.3) is 0 Å². The Kier molecular flexibility index (Phi) is 7.09. The lowest BCUT2D eigenvalue weighted by Crippen LogP contribution is -2.52. The Balaban J connectivity index is 1.43. The zero-order valence-corrected chi connectivity index (χ0v) is 19.2. The zero-order chi connectivity index (χ0) is 24.9. The molecule has 2 aromatic rings. The Morgan fingerprint density at radius 3 is 2.63 bits per heavy atom. The van der Waals surface area contributed by atoms with E-state index in [1.807, 2.05) is 12.1 Å². The number of alkyl carbamates (subject to hydrolysis) is 1. The van der Waals surface area contributed by atoms with Crippen molar-refractivity contribution in [3.05, 3.63) is 70.8 Å². The summed E-state index contributed by atoms with van der Waals surface area (Å²) in [5.41, 5.74) is 2.61. The third-order valence-electron chi connectivity index (χ3n) is 5.99. The Hall–Kier alpha value is -4.21. The number of benzene rings is 2. The molecular formula is C25H26N4O6. The summed E-state index contributed by atoms with van der Waals surface area (Å²) in [6, 6.07) is 12.4. The summed E-state index contributed by atoms with van der Waals surface area (Å²) in [4.78, 5) is 62.9. The van der Waals surface area contributed by atoms with E-state index in [0.29, 0.717) is 17.5 Å². The molecule has 0 radical (unpaired) electrons. The van der Waals surface area contributed by atoms with Crippen LogP contribution in [0.2, 0.25) is 0 Å². The fourth-order valence-electron chi connectivity index (χ4n) is 4.27. The molecule has 2 aromatic carbocycles. The molecule has 10 nitrogen and oxygen atoms in total. The highest BCUT2D eigenvalue weighted by molar-refractivity contribution is 6.05. The van der Waals surface area contributed by atoms with Gasteiger partial charge in [0.2, 0.25) is 17.7 Å². The molecule has 0 bridgehead atoms. The Morgan fingerprint density at radius 1 is 1.14 bits per heavy atom. The quantitative estimate of drug-likeness (QED) is 0.517. The van der Waals surface area contributed by atoms with Gasteiger partial charge >= 0.3 is 6.09 Å². The third kappa shape index (κ3) is 5.32. The molecule has 2 heterocycles. The molecule has 0 spiro atoms. The Bertz CT molecular complexity index is 1170. The van der Waals surface area contributed by atoms with Crippen molar-refractivity contribution < 1.29 is 28.7 Å². The van der Waals surface area contributed by atoms with Crippen molar-refractivity contribution in [2.24, 2.45) is 0 Å². The van der Waals surface area contributed by atoms with Crippen molar-refractivity contribution in [2.45, 2.75) is 44.9 Å². The molecule has 5 amide bonds. The van der Waals surface area contributed by atoms with Gasteiger partial charge in [-0.1, -0.05) is 42.5 Å². The molecule has 0 aliphatic carbocycles. The van der Waals surface area contributed by atoms with Crippen molar-refractivity contribution in [1.29, 1.82) is 0 Å². The molecule has 0 aromatic heterocycles. The van der Waals surface area contributed by atoms with E-state index >= 15 is 0 Å². The van der Waals surface area contributed by atoms with Gasteiger partial charge in [0, 0.05) is 25.1 Å². The van der Waals surface area contributed by atoms with Crippen molar-refractivity contribution >= 4 is 29.7 Å². The van der Waals surface area contributed by atoms with Gasteiger partial charge in [-0.15, -0.1) is 0 Å². The largest absolute Gasteiger partial charge is 0.450 e. The van der Waals surface area contributed by atoms with Crippen LogP contribution in [0, 0.1) is 0 Å². The molecule has 2 atom stereocenters. The van der Waals surface area contributed by atoms with Crippen LogP contribution in [-0.4, -0.2) is 47.3 Å². The van der Waals surface area contributed by atoms with Crippen LogP contribution in [0.5, 0.6) is 0 Å². The first-order valence-corrected chi connectivity index (χ1v) is 11.4. The fourth-order valence-corrected chi connectivity index (χ4v) is 4.27. The summed E-state index contributed by atoms with van der Waals surface area (Å²) in [5.74, 6) is -1.46. The topological polar surface area (TPSA) is 134 Å². The number of hydrogen-bond donors (Lipinski definition) is 3. The molecular weight excluding hydrogens is 452 g/mol. The number of imide groups is 1. The minimum absolute atomic E-state index is 0.173. The van der Waals surface area contributed by atoms with Gasteiger partial charge in [0.25, 0.3) is 5.91 Å². The van der Waals surface area contributed by atoms with Crippen LogP contribution in [0.15, 0.2) is 48.5 Å². The van der Waals surface area contributed by atoms with Gasteiger partial charge in [-0.05, 0) is 36.1 Å². The summed E-state index contributed by atoms with van der Waals surface area (Å²) in [6.45, 7) is 2.28. The van der Waals surface area contributed by atoms with Gasteiger partial charge in [-0.25, -0.2) is 4.79 Å². The van der Waals surface area contributed by atoms with Gasteiger partial charge in [-0.3, -0.25) is 24.5 Å². The van der Waals surface area contributed by atoms with Gasteiger partial charge in [0.05, 0.1) is 6.61 Å². The van der Waals surface area contributed by atoms with Crippen LogP contribution in [0.4, 0.5) is 4.79 Å². The van der Waals surface area contributed by atoms with Crippen molar-refractivity contribution in [3.8, 4) is 0 Å². The summed E-state index contributed by atoms with van der Waals surface area (Å²) in [7, 11) is 0. The first-order chi connectivity index (χ1) is 16.9. The van der Waals surface area contributed by atoms with Crippen LogP contribution < -0.4 is 16.0 Å². The number of carbonyl (C=O) groups excluding carboxylic acids is 5. The lowest BCUT2D eigenvalue weighted by Gasteiger charge is -2.29. The molecule has 0 saturated carbocycles. The van der Waals surface area contributed by atoms with Gasteiger partial charge in [0.1, 0.15) is 12.1 Å². The lowest BCUT2D eigenvalue weighted by atomic mass is 10.0. The number of ether oxygens (including phenoxy) is 1. The number of hydrogen-bond acceptors (Lipinski definition) is 6. The molecule has 35 heavy (non-hydrogen) atoms. The Labute approximate surface area is 202 Å². The second-order valence-electron chi connectivity index (χ2n) is 8.32. The first kappa shape index (κ1) is 23.9. The van der Waals surface area contributed by atoms with E-state index in [9.17, 15) is 24.0 Å². The number of piperidine rings is 1. The maximum atomic E-state index is 12.9. The van der Waals surface area contributed by atoms with Crippen LogP contribution >= 0.6 is 0 Å². The molecule has 10 heteroatoms. The molecule has 182 valence electrons. The maximum absolute atomic E-state index is 12.9. The monoisotopic (exact) mass is 478 g/mol. The zero-order valence-electron chi connectivity index (χ0n) is 19.2. The normalized spacial score (nSPS) is 17.9. The SMILES string of the molecule is CCOC(=O)N[C@H](C(=O)NCc1ccc2c(c1)CN(C1CCC(=O)NC1=O)C2=O)c1ccccc1. The van der Waals surface area contributed by atoms with E-state index in [0.717, 1.165) is 11.1 Å². The van der Waals surface area contributed by atoms with E-state index in [-0.39, 0.29) is 37.9 Å². The van der Waals surface area contributed by atoms with Gasteiger partial charge in [0.15, 0.2) is 0 Å². The first-order valence-electron chi connectivity index (χ1n) is 11.4. The van der Waals surface area contributed by atoms with E-state index in [2.05, 4.69) is 16.0 Å². The number of rotatable bonds is 7. The van der Waals surface area contributed by atoms with E-state index < -0.39 is 30.0 Å². The summed E-state index contributed by atoms with van der Waals surface area (Å²) in [5, 5.41) is 7.69. The van der Waals surface area contributed by atoms with Crippen molar-refractivity contribution in [3.63, 3.8) is 0 Å². The third-order valence-corrected chi connectivity index (χ3v) is 5.99. The van der Waals surface area contributed by atoms with Gasteiger partial charge in [-0.2, -0.15) is 0 Å². The number of nitrogens with one attached hydrogen (secondary N) is 3. The minimum Gasteiger partial charge on any atom is -0.450 e. The molecule has 1 saturated heterocycles. The number of amides is 5. The van der Waals surface area contributed by atoms with Crippen LogP contribution in [0.1, 0.15) is 52.9 Å². The van der Waals surface area contributed by atoms with Gasteiger partial charge < -0.3 is 20.3 Å². The van der Waals surface area contributed by atoms with Crippen LogP contribution in [0.3, 0.4) is 0 Å². The fraction of sp³-hybridized carbons (Fsp3) is 0.320. The summed E-state index contributed by atoms with van der Waals surface area (Å²) in [6.07, 6.45) is -0.209.